The van der Waals surface area contributed by atoms with E-state index in [1.165, 1.54) is 29.2 Å². The zero-order chi connectivity index (χ0) is 34.0. The lowest BCUT2D eigenvalue weighted by Gasteiger charge is -2.21. The van der Waals surface area contributed by atoms with Crippen molar-refractivity contribution in [1.82, 2.24) is 4.90 Å². The molecule has 4 rings (SSSR count). The lowest BCUT2D eigenvalue weighted by atomic mass is 9.93. The summed E-state index contributed by atoms with van der Waals surface area (Å²) in [6, 6.07) is 12.5. The van der Waals surface area contributed by atoms with E-state index in [0.717, 1.165) is 0 Å². The Morgan fingerprint density at radius 3 is 2.24 bits per heavy atom. The highest BCUT2D eigenvalue weighted by atomic mass is 32.2. The minimum absolute atomic E-state index is 0.0544. The van der Waals surface area contributed by atoms with Crippen molar-refractivity contribution in [3.63, 3.8) is 0 Å². The van der Waals surface area contributed by atoms with E-state index >= 15 is 0 Å². The van der Waals surface area contributed by atoms with Crippen LogP contribution >= 0.6 is 0 Å². The standard InChI is InChI=1S/C32H37N3O9S2/c1-6-33-25-15-14-20-17-24-23(21-11-8-9-12-22(21)32(37)35(5)16-10-13-27(36)19(3)4)18-26(34-7-2)31(46(41,42)43)29(24)44-28(20)30(25)45(38,39)40/h8-9,11-12,14-15,17-19,34H,6-7,10,13,16H2,1-5H3,(H,38,39,40)(H,41,42,43). The summed E-state index contributed by atoms with van der Waals surface area (Å²) in [5.41, 5.74) is 0.771. The molecule has 2 aromatic rings. The number of carbonyl (C=O) groups excluding carboxylic acids is 2. The molecule has 46 heavy (non-hydrogen) atoms. The number of hydrogen-bond donors (Lipinski definition) is 3. The van der Waals surface area contributed by atoms with Crippen LogP contribution in [0, 0.1) is 5.92 Å². The molecule has 0 saturated carbocycles. The second kappa shape index (κ2) is 13.7. The van der Waals surface area contributed by atoms with Gasteiger partial charge in [0.1, 0.15) is 5.78 Å². The molecule has 14 heteroatoms. The number of rotatable bonds is 12. The SMILES string of the molecule is CCN=c1ccc2cc3c(-c4ccccc4C(=O)N(C)CCCC(=O)C(C)C)cc(NCC)c(S(=O)(=O)O)c3oc-2c1S(=O)(=O)O. The number of nitrogens with zero attached hydrogens (tertiary/aromatic N) is 2. The maximum atomic E-state index is 13.7. The summed E-state index contributed by atoms with van der Waals surface area (Å²) < 4.78 is 77.3. The minimum Gasteiger partial charge on any atom is -0.453 e. The van der Waals surface area contributed by atoms with Gasteiger partial charge in [0.2, 0.25) is 0 Å². The van der Waals surface area contributed by atoms with Crippen LogP contribution in [0.1, 0.15) is 50.9 Å². The molecular weight excluding hydrogens is 634 g/mol. The predicted molar refractivity (Wildman–Crippen MR) is 174 cm³/mol. The van der Waals surface area contributed by atoms with Crippen LogP contribution in [0.15, 0.2) is 67.7 Å². The van der Waals surface area contributed by atoms with Gasteiger partial charge in [0.05, 0.1) is 11.0 Å². The van der Waals surface area contributed by atoms with Crippen molar-refractivity contribution in [2.75, 3.05) is 32.0 Å². The summed E-state index contributed by atoms with van der Waals surface area (Å²) in [4.78, 5) is 30.2. The lowest BCUT2D eigenvalue weighted by Crippen LogP contribution is -2.28. The van der Waals surface area contributed by atoms with Gasteiger partial charge < -0.3 is 14.6 Å². The predicted octanol–water partition coefficient (Wildman–Crippen LogP) is 5.13. The molecule has 12 nitrogen and oxygen atoms in total. The maximum absolute atomic E-state index is 13.7. The molecule has 2 aliphatic rings. The number of hydrogen-bond acceptors (Lipinski definition) is 9. The molecule has 0 spiro atoms. The molecule has 1 amide bonds. The van der Waals surface area contributed by atoms with Crippen LogP contribution in [0.2, 0.25) is 0 Å². The molecule has 0 fully saturated rings. The maximum Gasteiger partial charge on any atom is 0.300 e. The normalized spacial score (nSPS) is 12.7. The Morgan fingerprint density at radius 1 is 0.957 bits per heavy atom. The Morgan fingerprint density at radius 2 is 1.63 bits per heavy atom. The van der Waals surface area contributed by atoms with Gasteiger partial charge in [0.25, 0.3) is 26.1 Å². The van der Waals surface area contributed by atoms with E-state index in [4.69, 9.17) is 4.42 Å². The van der Waals surface area contributed by atoms with Gasteiger partial charge in [-0.3, -0.25) is 23.7 Å². The number of carbonyl (C=O) groups is 2. The van der Waals surface area contributed by atoms with Crippen molar-refractivity contribution in [3.8, 4) is 22.5 Å². The fraction of sp³-hybridized carbons (Fsp3) is 0.344. The van der Waals surface area contributed by atoms with Gasteiger partial charge in [0.15, 0.2) is 21.1 Å². The summed E-state index contributed by atoms with van der Waals surface area (Å²) in [5.74, 6) is -0.711. The molecule has 1 aliphatic carbocycles. The highest BCUT2D eigenvalue weighted by Crippen LogP contribution is 2.43. The van der Waals surface area contributed by atoms with E-state index in [1.54, 1.807) is 45.2 Å². The molecule has 0 radical (unpaired) electrons. The van der Waals surface area contributed by atoms with Crippen LogP contribution in [0.4, 0.5) is 5.69 Å². The largest absolute Gasteiger partial charge is 0.453 e. The Balaban J connectivity index is 2.05. The van der Waals surface area contributed by atoms with Gasteiger partial charge in [-0.1, -0.05) is 32.0 Å². The number of anilines is 1. The third kappa shape index (κ3) is 7.15. The average Bonchev–Trinajstić information content (AvgIpc) is 2.98. The van der Waals surface area contributed by atoms with Crippen LogP contribution in [-0.2, 0) is 25.0 Å². The first kappa shape index (κ1) is 34.8. The Hall–Kier alpha value is -4.11. The van der Waals surface area contributed by atoms with E-state index in [2.05, 4.69) is 10.3 Å². The number of ketones is 1. The zero-order valence-electron chi connectivity index (χ0n) is 26.2. The molecule has 1 aliphatic heterocycles. The molecule has 0 saturated heterocycles. The summed E-state index contributed by atoms with van der Waals surface area (Å²) in [5, 5.41) is 2.97. The van der Waals surface area contributed by atoms with Crippen molar-refractivity contribution < 1.29 is 39.9 Å². The second-order valence-corrected chi connectivity index (χ2v) is 13.8. The smallest absolute Gasteiger partial charge is 0.300 e. The fourth-order valence-electron chi connectivity index (χ4n) is 5.28. The lowest BCUT2D eigenvalue weighted by molar-refractivity contribution is -0.122. The first-order chi connectivity index (χ1) is 21.6. The number of Topliss-reactive ketones (excluding diaryl/α,β-unsaturated/α-hetero) is 1. The zero-order valence-corrected chi connectivity index (χ0v) is 27.8. The van der Waals surface area contributed by atoms with Crippen LogP contribution in [-0.4, -0.2) is 69.2 Å². The van der Waals surface area contributed by atoms with Crippen LogP contribution in [0.3, 0.4) is 0 Å². The van der Waals surface area contributed by atoms with Crippen molar-refractivity contribution >= 4 is 48.6 Å². The average molecular weight is 672 g/mol. The van der Waals surface area contributed by atoms with E-state index in [0.29, 0.717) is 30.5 Å². The van der Waals surface area contributed by atoms with E-state index in [9.17, 15) is 35.5 Å². The topological polar surface area (TPSA) is 184 Å². The van der Waals surface area contributed by atoms with Gasteiger partial charge in [-0.15, -0.1) is 0 Å². The van der Waals surface area contributed by atoms with Gasteiger partial charge >= 0.3 is 0 Å². The summed E-state index contributed by atoms with van der Waals surface area (Å²) in [7, 11) is -8.26. The monoisotopic (exact) mass is 671 g/mol. The van der Waals surface area contributed by atoms with Crippen LogP contribution in [0.25, 0.3) is 33.4 Å². The molecule has 246 valence electrons. The van der Waals surface area contributed by atoms with Crippen LogP contribution < -0.4 is 10.7 Å². The van der Waals surface area contributed by atoms with Gasteiger partial charge in [-0.2, -0.15) is 16.8 Å². The quantitative estimate of drug-likeness (QED) is 0.135. The molecule has 0 unspecified atom stereocenters. The number of amides is 1. The molecule has 3 N–H and O–H groups in total. The van der Waals surface area contributed by atoms with Gasteiger partial charge in [0, 0.05) is 55.5 Å². The summed E-state index contributed by atoms with van der Waals surface area (Å²) in [6.07, 6.45) is 0.809. The Labute approximate surface area is 268 Å². The third-order valence-electron chi connectivity index (χ3n) is 7.47. The van der Waals surface area contributed by atoms with Crippen molar-refractivity contribution in [2.45, 2.75) is 50.3 Å². The van der Waals surface area contributed by atoms with Crippen molar-refractivity contribution in [2.24, 2.45) is 10.9 Å². The van der Waals surface area contributed by atoms with Gasteiger partial charge in [-0.25, -0.2) is 0 Å². The Bertz CT molecular complexity index is 2070. The molecule has 1 heterocycles. The summed E-state index contributed by atoms with van der Waals surface area (Å²) >= 11 is 0. The molecular formula is C32H37N3O9S2. The van der Waals surface area contributed by atoms with Crippen molar-refractivity contribution in [1.29, 1.82) is 0 Å². The Kier molecular flexibility index (Phi) is 10.4. The highest BCUT2D eigenvalue weighted by molar-refractivity contribution is 7.86. The molecule has 0 aromatic heterocycles. The summed E-state index contributed by atoms with van der Waals surface area (Å²) in [6.45, 7) is 7.76. The van der Waals surface area contributed by atoms with E-state index in [-0.39, 0.29) is 64.0 Å². The first-order valence-electron chi connectivity index (χ1n) is 14.7. The van der Waals surface area contributed by atoms with Crippen molar-refractivity contribution in [3.05, 3.63) is 59.5 Å². The highest BCUT2D eigenvalue weighted by Gasteiger charge is 2.30. The number of nitrogens with one attached hydrogen (secondary N) is 1. The van der Waals surface area contributed by atoms with Crippen LogP contribution in [0.5, 0.6) is 0 Å². The minimum atomic E-state index is -4.98. The van der Waals surface area contributed by atoms with Gasteiger partial charge in [-0.05, 0) is 61.7 Å². The number of fused-ring (bicyclic) bond motifs is 2. The molecule has 0 bridgehead atoms. The fourth-order valence-corrected chi connectivity index (χ4v) is 6.86. The number of benzene rings is 3. The van der Waals surface area contributed by atoms with E-state index < -0.39 is 35.6 Å². The van der Waals surface area contributed by atoms with E-state index in [1.807, 2.05) is 13.8 Å². The molecule has 0 atom stereocenters. The second-order valence-electron chi connectivity index (χ2n) is 11.1. The molecule has 2 aromatic carbocycles. The first-order valence-corrected chi connectivity index (χ1v) is 17.6. The third-order valence-corrected chi connectivity index (χ3v) is 9.30.